The summed E-state index contributed by atoms with van der Waals surface area (Å²) in [5.41, 5.74) is 8.48. The summed E-state index contributed by atoms with van der Waals surface area (Å²) in [5.74, 6) is 0.502. The Morgan fingerprint density at radius 3 is 2.44 bits per heavy atom. The molecule has 0 aliphatic carbocycles. The smallest absolute Gasteiger partial charge is 0.123 e. The van der Waals surface area contributed by atoms with Crippen molar-refractivity contribution in [2.45, 2.75) is 20.1 Å². The van der Waals surface area contributed by atoms with Crippen LogP contribution in [0.4, 0.5) is 4.39 Å². The summed E-state index contributed by atoms with van der Waals surface area (Å²) in [6, 6.07) is 12.3. The van der Waals surface area contributed by atoms with Gasteiger partial charge in [0.05, 0.1) is 0 Å². The van der Waals surface area contributed by atoms with Gasteiger partial charge in [-0.15, -0.1) is 0 Å². The minimum Gasteiger partial charge on any atom is -0.489 e. The van der Waals surface area contributed by atoms with E-state index in [1.165, 1.54) is 17.7 Å². The minimum atomic E-state index is -0.269. The molecule has 2 nitrogen and oxygen atoms in total. The number of ether oxygens (including phenoxy) is 1. The summed E-state index contributed by atoms with van der Waals surface area (Å²) in [6.45, 7) is 2.73. The van der Waals surface area contributed by atoms with E-state index >= 15 is 0 Å². The van der Waals surface area contributed by atoms with Crippen molar-refractivity contribution in [1.82, 2.24) is 0 Å². The third-order valence-corrected chi connectivity index (χ3v) is 2.80. The van der Waals surface area contributed by atoms with Gasteiger partial charge >= 0.3 is 0 Å². The van der Waals surface area contributed by atoms with E-state index in [0.29, 0.717) is 13.2 Å². The topological polar surface area (TPSA) is 35.2 Å². The predicted molar refractivity (Wildman–Crippen MR) is 69.8 cm³/mol. The molecule has 0 bridgehead atoms. The molecule has 0 radical (unpaired) electrons. The second-order valence-corrected chi connectivity index (χ2v) is 4.22. The lowest BCUT2D eigenvalue weighted by Crippen LogP contribution is -2.05. The first kappa shape index (κ1) is 12.6. The Morgan fingerprint density at radius 2 is 1.78 bits per heavy atom. The van der Waals surface area contributed by atoms with Crippen LogP contribution in [0.5, 0.6) is 5.75 Å². The molecule has 0 atom stereocenters. The molecule has 0 heterocycles. The Kier molecular flexibility index (Phi) is 3.95. The van der Waals surface area contributed by atoms with Crippen molar-refractivity contribution < 1.29 is 9.13 Å². The Morgan fingerprint density at radius 1 is 1.06 bits per heavy atom. The van der Waals surface area contributed by atoms with E-state index in [1.54, 1.807) is 6.07 Å². The van der Waals surface area contributed by atoms with Crippen LogP contribution in [0.25, 0.3) is 0 Å². The Hall–Kier alpha value is -1.87. The van der Waals surface area contributed by atoms with Gasteiger partial charge in [-0.1, -0.05) is 23.8 Å². The third kappa shape index (κ3) is 3.08. The second-order valence-electron chi connectivity index (χ2n) is 4.22. The van der Waals surface area contributed by atoms with Crippen molar-refractivity contribution in [2.75, 3.05) is 0 Å². The standard InChI is InChI=1S/C15H16FNO/c1-11-2-6-15(7-3-11)18-10-13-8-14(16)5-4-12(13)9-17/h2-8H,9-10,17H2,1H3. The predicted octanol–water partition coefficient (Wildman–Crippen LogP) is 3.17. The van der Waals surface area contributed by atoms with Gasteiger partial charge in [0.1, 0.15) is 18.2 Å². The van der Waals surface area contributed by atoms with Crippen LogP contribution in [0.15, 0.2) is 42.5 Å². The molecule has 2 aromatic rings. The summed E-state index contributed by atoms with van der Waals surface area (Å²) in [4.78, 5) is 0. The first-order valence-corrected chi connectivity index (χ1v) is 5.86. The van der Waals surface area contributed by atoms with Crippen LogP contribution in [0.2, 0.25) is 0 Å². The highest BCUT2D eigenvalue weighted by Crippen LogP contribution is 2.16. The molecule has 94 valence electrons. The van der Waals surface area contributed by atoms with Crippen LogP contribution >= 0.6 is 0 Å². The lowest BCUT2D eigenvalue weighted by Gasteiger charge is -2.10. The molecule has 2 aromatic carbocycles. The van der Waals surface area contributed by atoms with Crippen LogP contribution in [0.1, 0.15) is 16.7 Å². The fraction of sp³-hybridized carbons (Fsp3) is 0.200. The van der Waals surface area contributed by atoms with E-state index in [2.05, 4.69) is 0 Å². The minimum absolute atomic E-state index is 0.269. The first-order chi connectivity index (χ1) is 8.69. The number of rotatable bonds is 4. The van der Waals surface area contributed by atoms with Crippen molar-refractivity contribution >= 4 is 0 Å². The van der Waals surface area contributed by atoms with Gasteiger partial charge in [0, 0.05) is 6.54 Å². The summed E-state index contributed by atoms with van der Waals surface area (Å²) in [7, 11) is 0. The van der Waals surface area contributed by atoms with E-state index < -0.39 is 0 Å². The number of halogens is 1. The van der Waals surface area contributed by atoms with Crippen molar-refractivity contribution in [3.8, 4) is 5.75 Å². The van der Waals surface area contributed by atoms with Crippen LogP contribution in [-0.2, 0) is 13.2 Å². The van der Waals surface area contributed by atoms with E-state index in [-0.39, 0.29) is 5.82 Å². The zero-order valence-corrected chi connectivity index (χ0v) is 10.3. The van der Waals surface area contributed by atoms with Gasteiger partial charge in [-0.2, -0.15) is 0 Å². The molecule has 2 N–H and O–H groups in total. The van der Waals surface area contributed by atoms with Gasteiger partial charge in [-0.05, 0) is 42.3 Å². The molecule has 0 aromatic heterocycles. The van der Waals surface area contributed by atoms with Crippen LogP contribution in [0.3, 0.4) is 0 Å². The number of benzene rings is 2. The molecule has 2 rings (SSSR count). The summed E-state index contributed by atoms with van der Waals surface area (Å²) >= 11 is 0. The number of hydrogen-bond donors (Lipinski definition) is 1. The molecule has 0 spiro atoms. The number of aryl methyl sites for hydroxylation is 1. The Balaban J connectivity index is 2.09. The summed E-state index contributed by atoms with van der Waals surface area (Å²) in [5, 5.41) is 0. The maximum Gasteiger partial charge on any atom is 0.123 e. The number of hydrogen-bond acceptors (Lipinski definition) is 2. The monoisotopic (exact) mass is 245 g/mol. The molecule has 0 aliphatic rings. The molecular formula is C15H16FNO. The zero-order chi connectivity index (χ0) is 13.0. The van der Waals surface area contributed by atoms with E-state index in [0.717, 1.165) is 16.9 Å². The summed E-state index contributed by atoms with van der Waals surface area (Å²) < 4.78 is 18.8. The molecule has 0 aliphatic heterocycles. The average Bonchev–Trinajstić information content (AvgIpc) is 2.38. The lowest BCUT2D eigenvalue weighted by atomic mass is 10.1. The van der Waals surface area contributed by atoms with Gasteiger partial charge in [0.2, 0.25) is 0 Å². The highest BCUT2D eigenvalue weighted by Gasteiger charge is 2.04. The zero-order valence-electron chi connectivity index (χ0n) is 10.3. The lowest BCUT2D eigenvalue weighted by molar-refractivity contribution is 0.304. The molecule has 0 fully saturated rings. The Labute approximate surface area is 106 Å². The molecule has 18 heavy (non-hydrogen) atoms. The van der Waals surface area contributed by atoms with E-state index in [9.17, 15) is 4.39 Å². The highest BCUT2D eigenvalue weighted by atomic mass is 19.1. The summed E-state index contributed by atoms with van der Waals surface area (Å²) in [6.07, 6.45) is 0. The van der Waals surface area contributed by atoms with Crippen molar-refractivity contribution in [3.63, 3.8) is 0 Å². The SMILES string of the molecule is Cc1ccc(OCc2cc(F)ccc2CN)cc1. The largest absolute Gasteiger partial charge is 0.489 e. The van der Waals surface area contributed by atoms with E-state index in [4.69, 9.17) is 10.5 Å². The van der Waals surface area contributed by atoms with Gasteiger partial charge in [-0.25, -0.2) is 4.39 Å². The van der Waals surface area contributed by atoms with Gasteiger partial charge in [0.15, 0.2) is 0 Å². The Bertz CT molecular complexity index is 523. The fourth-order valence-corrected chi connectivity index (χ4v) is 1.72. The third-order valence-electron chi connectivity index (χ3n) is 2.80. The van der Waals surface area contributed by atoms with Crippen LogP contribution < -0.4 is 10.5 Å². The van der Waals surface area contributed by atoms with Crippen molar-refractivity contribution in [2.24, 2.45) is 5.73 Å². The molecule has 0 saturated carbocycles. The van der Waals surface area contributed by atoms with Crippen LogP contribution in [-0.4, -0.2) is 0 Å². The first-order valence-electron chi connectivity index (χ1n) is 5.86. The normalized spacial score (nSPS) is 10.4. The maximum atomic E-state index is 13.2. The molecule has 0 saturated heterocycles. The van der Waals surface area contributed by atoms with E-state index in [1.807, 2.05) is 31.2 Å². The highest BCUT2D eigenvalue weighted by molar-refractivity contribution is 5.29. The van der Waals surface area contributed by atoms with Crippen molar-refractivity contribution in [3.05, 3.63) is 65.0 Å². The molecular weight excluding hydrogens is 229 g/mol. The van der Waals surface area contributed by atoms with Crippen molar-refractivity contribution in [1.29, 1.82) is 0 Å². The molecule has 0 unspecified atom stereocenters. The average molecular weight is 245 g/mol. The number of nitrogens with two attached hydrogens (primary N) is 1. The quantitative estimate of drug-likeness (QED) is 0.898. The fourth-order valence-electron chi connectivity index (χ4n) is 1.72. The molecule has 0 amide bonds. The van der Waals surface area contributed by atoms with Crippen LogP contribution in [0, 0.1) is 12.7 Å². The second kappa shape index (κ2) is 5.65. The maximum absolute atomic E-state index is 13.2. The van der Waals surface area contributed by atoms with Gasteiger partial charge < -0.3 is 10.5 Å². The molecule has 3 heteroatoms. The van der Waals surface area contributed by atoms with Gasteiger partial charge in [0.25, 0.3) is 0 Å². The van der Waals surface area contributed by atoms with Gasteiger partial charge in [-0.3, -0.25) is 0 Å².